The maximum atomic E-state index is 6.15. The van der Waals surface area contributed by atoms with E-state index in [1.165, 1.54) is 12.8 Å². The Kier molecular flexibility index (Phi) is 7.30. The topological polar surface area (TPSA) is 45.7 Å². The number of hydrogen-bond donors (Lipinski definition) is 2. The number of halogens is 2. The van der Waals surface area contributed by atoms with E-state index in [9.17, 15) is 0 Å². The second-order valence-electron chi connectivity index (χ2n) is 5.46. The molecule has 1 saturated carbocycles. The quantitative estimate of drug-likeness (QED) is 0.431. The number of guanidine groups is 1. The van der Waals surface area contributed by atoms with Gasteiger partial charge in [-0.05, 0) is 42.9 Å². The number of nitrogens with one attached hydrogen (secondary N) is 2. The molecule has 0 saturated heterocycles. The number of nitrogens with zero attached hydrogens (tertiary/aromatic N) is 1. The molecule has 0 spiro atoms. The van der Waals surface area contributed by atoms with Crippen molar-refractivity contribution < 1.29 is 4.74 Å². The van der Waals surface area contributed by atoms with Crippen molar-refractivity contribution >= 4 is 29.2 Å². The van der Waals surface area contributed by atoms with Crippen LogP contribution in [0.25, 0.3) is 0 Å². The van der Waals surface area contributed by atoms with Gasteiger partial charge in [0.15, 0.2) is 5.96 Å². The van der Waals surface area contributed by atoms with Crippen molar-refractivity contribution in [1.29, 1.82) is 0 Å². The van der Waals surface area contributed by atoms with Crippen molar-refractivity contribution in [2.75, 3.05) is 26.8 Å². The Labute approximate surface area is 142 Å². The third kappa shape index (κ3) is 6.42. The van der Waals surface area contributed by atoms with Gasteiger partial charge in [-0.3, -0.25) is 4.99 Å². The SMILES string of the molecule is CN=C(NCCCOCC1CC1)NCc1ccc(Cl)cc1Cl. The van der Waals surface area contributed by atoms with Gasteiger partial charge in [0.05, 0.1) is 0 Å². The maximum absolute atomic E-state index is 6.15. The molecule has 1 aliphatic rings. The van der Waals surface area contributed by atoms with Crippen molar-refractivity contribution in [3.63, 3.8) is 0 Å². The second-order valence-corrected chi connectivity index (χ2v) is 6.30. The van der Waals surface area contributed by atoms with Crippen LogP contribution in [0.1, 0.15) is 24.8 Å². The van der Waals surface area contributed by atoms with E-state index in [1.807, 2.05) is 12.1 Å². The van der Waals surface area contributed by atoms with E-state index in [-0.39, 0.29) is 0 Å². The van der Waals surface area contributed by atoms with Gasteiger partial charge in [0, 0.05) is 43.4 Å². The van der Waals surface area contributed by atoms with Crippen molar-refractivity contribution in [1.82, 2.24) is 10.6 Å². The van der Waals surface area contributed by atoms with Gasteiger partial charge in [0.25, 0.3) is 0 Å². The molecule has 2 N–H and O–H groups in total. The minimum atomic E-state index is 0.605. The third-order valence-corrected chi connectivity index (χ3v) is 4.08. The Bertz CT molecular complexity index is 504. The van der Waals surface area contributed by atoms with Crippen LogP contribution in [-0.2, 0) is 11.3 Å². The van der Waals surface area contributed by atoms with Crippen molar-refractivity contribution in [2.45, 2.75) is 25.8 Å². The van der Waals surface area contributed by atoms with E-state index in [4.69, 9.17) is 27.9 Å². The first-order valence-corrected chi connectivity index (χ1v) is 8.41. The van der Waals surface area contributed by atoms with Gasteiger partial charge in [-0.1, -0.05) is 29.3 Å². The minimum Gasteiger partial charge on any atom is -0.381 e. The Morgan fingerprint density at radius 1 is 1.32 bits per heavy atom. The highest BCUT2D eigenvalue weighted by Gasteiger charge is 2.20. The Morgan fingerprint density at radius 3 is 2.82 bits per heavy atom. The van der Waals surface area contributed by atoms with Crippen LogP contribution in [0.15, 0.2) is 23.2 Å². The molecule has 0 bridgehead atoms. The highest BCUT2D eigenvalue weighted by Crippen LogP contribution is 2.28. The summed E-state index contributed by atoms with van der Waals surface area (Å²) in [5.74, 6) is 1.58. The number of ether oxygens (including phenoxy) is 1. The summed E-state index contributed by atoms with van der Waals surface area (Å²) in [6, 6.07) is 5.49. The molecule has 0 amide bonds. The first-order valence-electron chi connectivity index (χ1n) is 7.65. The van der Waals surface area contributed by atoms with E-state index < -0.39 is 0 Å². The minimum absolute atomic E-state index is 0.605. The van der Waals surface area contributed by atoms with Crippen LogP contribution >= 0.6 is 23.2 Å². The molecule has 1 aromatic carbocycles. The third-order valence-electron chi connectivity index (χ3n) is 3.49. The van der Waals surface area contributed by atoms with Crippen LogP contribution in [-0.4, -0.2) is 32.8 Å². The van der Waals surface area contributed by atoms with Crippen molar-refractivity contribution in [3.8, 4) is 0 Å². The fourth-order valence-electron chi connectivity index (χ4n) is 1.98. The molecule has 1 aromatic rings. The van der Waals surface area contributed by atoms with Gasteiger partial charge in [-0.15, -0.1) is 0 Å². The summed E-state index contributed by atoms with van der Waals surface area (Å²) >= 11 is 12.0. The van der Waals surface area contributed by atoms with Crippen LogP contribution in [0.5, 0.6) is 0 Å². The molecule has 1 aliphatic carbocycles. The molecule has 1 fully saturated rings. The summed E-state index contributed by atoms with van der Waals surface area (Å²) in [6.07, 6.45) is 3.64. The molecule has 0 atom stereocenters. The Balaban J connectivity index is 1.61. The predicted octanol–water partition coefficient (Wildman–Crippen LogP) is 3.48. The molecule has 0 aromatic heterocycles. The lowest BCUT2D eigenvalue weighted by molar-refractivity contribution is 0.123. The molecule has 0 radical (unpaired) electrons. The van der Waals surface area contributed by atoms with Gasteiger partial charge < -0.3 is 15.4 Å². The summed E-state index contributed by atoms with van der Waals surface area (Å²) < 4.78 is 5.60. The van der Waals surface area contributed by atoms with Gasteiger partial charge in [-0.25, -0.2) is 0 Å². The zero-order chi connectivity index (χ0) is 15.8. The number of hydrogen-bond acceptors (Lipinski definition) is 2. The van der Waals surface area contributed by atoms with E-state index in [0.717, 1.165) is 43.6 Å². The fourth-order valence-corrected chi connectivity index (χ4v) is 2.46. The average Bonchev–Trinajstić information content (AvgIpc) is 3.31. The van der Waals surface area contributed by atoms with Crippen LogP contribution < -0.4 is 10.6 Å². The summed E-state index contributed by atoms with van der Waals surface area (Å²) in [5, 5.41) is 7.80. The lowest BCUT2D eigenvalue weighted by atomic mass is 10.2. The molecule has 4 nitrogen and oxygen atoms in total. The first-order chi connectivity index (χ1) is 10.7. The molecule has 2 rings (SSSR count). The largest absolute Gasteiger partial charge is 0.381 e. The molecule has 22 heavy (non-hydrogen) atoms. The summed E-state index contributed by atoms with van der Waals surface area (Å²) in [6.45, 7) is 3.15. The second kappa shape index (κ2) is 9.23. The van der Waals surface area contributed by atoms with Crippen LogP contribution in [0.4, 0.5) is 0 Å². The van der Waals surface area contributed by atoms with Gasteiger partial charge in [0.2, 0.25) is 0 Å². The average molecular weight is 344 g/mol. The van der Waals surface area contributed by atoms with E-state index in [1.54, 1.807) is 13.1 Å². The van der Waals surface area contributed by atoms with E-state index in [2.05, 4.69) is 15.6 Å². The number of aliphatic imine (C=N–C) groups is 1. The highest BCUT2D eigenvalue weighted by atomic mass is 35.5. The zero-order valence-electron chi connectivity index (χ0n) is 12.9. The molecule has 0 aliphatic heterocycles. The van der Waals surface area contributed by atoms with Crippen LogP contribution in [0, 0.1) is 5.92 Å². The summed E-state index contributed by atoms with van der Waals surface area (Å²) in [4.78, 5) is 4.19. The van der Waals surface area contributed by atoms with Crippen LogP contribution in [0.2, 0.25) is 10.0 Å². The summed E-state index contributed by atoms with van der Waals surface area (Å²) in [7, 11) is 1.75. The normalized spacial score (nSPS) is 15.0. The first kappa shape index (κ1) is 17.4. The van der Waals surface area contributed by atoms with E-state index >= 15 is 0 Å². The zero-order valence-corrected chi connectivity index (χ0v) is 14.4. The Morgan fingerprint density at radius 2 is 2.14 bits per heavy atom. The smallest absolute Gasteiger partial charge is 0.191 e. The molecule has 0 heterocycles. The molecular weight excluding hydrogens is 321 g/mol. The fraction of sp³-hybridized carbons (Fsp3) is 0.562. The molecule has 0 unspecified atom stereocenters. The molecular formula is C16H23Cl2N3O. The Hall–Kier alpha value is -0.970. The van der Waals surface area contributed by atoms with Crippen molar-refractivity contribution in [2.24, 2.45) is 10.9 Å². The van der Waals surface area contributed by atoms with E-state index in [0.29, 0.717) is 16.6 Å². The van der Waals surface area contributed by atoms with Gasteiger partial charge in [-0.2, -0.15) is 0 Å². The van der Waals surface area contributed by atoms with Gasteiger partial charge >= 0.3 is 0 Å². The lowest BCUT2D eigenvalue weighted by Crippen LogP contribution is -2.37. The molecule has 6 heteroatoms. The maximum Gasteiger partial charge on any atom is 0.191 e. The highest BCUT2D eigenvalue weighted by molar-refractivity contribution is 6.35. The number of rotatable bonds is 8. The monoisotopic (exact) mass is 343 g/mol. The number of benzene rings is 1. The van der Waals surface area contributed by atoms with Gasteiger partial charge in [0.1, 0.15) is 0 Å². The molecule has 122 valence electrons. The van der Waals surface area contributed by atoms with Crippen molar-refractivity contribution in [3.05, 3.63) is 33.8 Å². The lowest BCUT2D eigenvalue weighted by Gasteiger charge is -2.13. The standard InChI is InChI=1S/C16H23Cl2N3O/c1-19-16(20-7-2-8-22-11-12-3-4-12)21-10-13-5-6-14(17)9-15(13)18/h5-6,9,12H,2-4,7-8,10-11H2,1H3,(H2,19,20,21). The summed E-state index contributed by atoms with van der Waals surface area (Å²) in [5.41, 5.74) is 0.988. The van der Waals surface area contributed by atoms with Crippen LogP contribution in [0.3, 0.4) is 0 Å². The predicted molar refractivity (Wildman–Crippen MR) is 92.8 cm³/mol.